The van der Waals surface area contributed by atoms with Crippen molar-refractivity contribution in [3.8, 4) is 5.75 Å². The molecule has 2 aromatic rings. The lowest BCUT2D eigenvalue weighted by Gasteiger charge is -2.18. The van der Waals surface area contributed by atoms with Gasteiger partial charge in [-0.2, -0.15) is 0 Å². The molecule has 3 rings (SSSR count). The first-order chi connectivity index (χ1) is 11.0. The zero-order valence-electron chi connectivity index (χ0n) is 12.0. The summed E-state index contributed by atoms with van der Waals surface area (Å²) in [6.45, 7) is 0. The number of halogens is 2. The molecule has 4 nitrogen and oxygen atoms in total. The fraction of sp³-hybridized carbons (Fsp3) is 0.0588. The van der Waals surface area contributed by atoms with Crippen molar-refractivity contribution >= 4 is 23.1 Å². The van der Waals surface area contributed by atoms with E-state index in [2.05, 4.69) is 0 Å². The quantitative estimate of drug-likeness (QED) is 0.818. The van der Waals surface area contributed by atoms with Gasteiger partial charge in [-0.3, -0.25) is 9.59 Å². The second kappa shape index (κ2) is 5.64. The number of carbonyl (C=O) groups is 2. The van der Waals surface area contributed by atoms with Crippen LogP contribution in [0.2, 0.25) is 0 Å². The van der Waals surface area contributed by atoms with Gasteiger partial charge < -0.3 is 4.74 Å². The highest BCUT2D eigenvalue weighted by atomic mass is 19.1. The number of anilines is 1. The van der Waals surface area contributed by atoms with Gasteiger partial charge in [0.1, 0.15) is 17.4 Å². The normalized spacial score (nSPS) is 14.2. The highest BCUT2D eigenvalue weighted by molar-refractivity contribution is 6.43. The molecule has 0 aliphatic carbocycles. The van der Waals surface area contributed by atoms with Gasteiger partial charge in [-0.15, -0.1) is 0 Å². The van der Waals surface area contributed by atoms with E-state index in [0.717, 1.165) is 17.0 Å². The van der Waals surface area contributed by atoms with E-state index < -0.39 is 23.4 Å². The number of carbonyl (C=O) groups excluding carboxylic acids is 2. The summed E-state index contributed by atoms with van der Waals surface area (Å²) >= 11 is 0. The topological polar surface area (TPSA) is 46.6 Å². The zero-order chi connectivity index (χ0) is 16.6. The summed E-state index contributed by atoms with van der Waals surface area (Å²) in [7, 11) is 1.32. The molecule has 0 bridgehead atoms. The molecule has 1 aliphatic heterocycles. The van der Waals surface area contributed by atoms with Gasteiger partial charge in [-0.25, -0.2) is 13.7 Å². The first-order valence-corrected chi connectivity index (χ1v) is 6.71. The Morgan fingerprint density at radius 1 is 0.957 bits per heavy atom. The molecule has 0 aromatic heterocycles. The minimum absolute atomic E-state index is 0.0699. The van der Waals surface area contributed by atoms with Gasteiger partial charge in [0.25, 0.3) is 11.8 Å². The van der Waals surface area contributed by atoms with Gasteiger partial charge in [0.15, 0.2) is 0 Å². The number of amides is 2. The van der Waals surface area contributed by atoms with Crippen LogP contribution in [-0.4, -0.2) is 18.9 Å². The van der Waals surface area contributed by atoms with Crippen molar-refractivity contribution in [1.29, 1.82) is 0 Å². The van der Waals surface area contributed by atoms with Gasteiger partial charge in [0.05, 0.1) is 18.4 Å². The Bertz CT molecular complexity index is 828. The molecular formula is C17H11F2NO3. The number of rotatable bonds is 3. The Balaban J connectivity index is 2.00. The van der Waals surface area contributed by atoms with Gasteiger partial charge >= 0.3 is 0 Å². The van der Waals surface area contributed by atoms with Crippen LogP contribution in [0.3, 0.4) is 0 Å². The van der Waals surface area contributed by atoms with Crippen LogP contribution in [0.15, 0.2) is 48.5 Å². The van der Waals surface area contributed by atoms with Crippen molar-refractivity contribution in [2.24, 2.45) is 0 Å². The second-order valence-electron chi connectivity index (χ2n) is 4.86. The molecule has 0 N–H and O–H groups in total. The molecular weight excluding hydrogens is 304 g/mol. The molecule has 2 amide bonds. The molecule has 0 saturated carbocycles. The average molecular weight is 315 g/mol. The van der Waals surface area contributed by atoms with E-state index in [1.165, 1.54) is 43.5 Å². The molecule has 116 valence electrons. The summed E-state index contributed by atoms with van der Waals surface area (Å²) in [5.74, 6) is -2.06. The van der Waals surface area contributed by atoms with E-state index in [1.54, 1.807) is 0 Å². The van der Waals surface area contributed by atoms with E-state index >= 15 is 0 Å². The molecule has 0 fully saturated rings. The largest absolute Gasteiger partial charge is 0.494 e. The smallest absolute Gasteiger partial charge is 0.266 e. The number of imide groups is 1. The summed E-state index contributed by atoms with van der Waals surface area (Å²) in [6, 6.07) is 8.76. The number of ether oxygens (including phenoxy) is 1. The zero-order valence-corrected chi connectivity index (χ0v) is 12.0. The summed E-state index contributed by atoms with van der Waals surface area (Å²) in [5, 5.41) is 0. The third-order valence-corrected chi connectivity index (χ3v) is 3.46. The SMILES string of the molecule is COc1cc(F)ccc1N1C(=O)C=C(c2ccc(F)cc2)C1=O. The molecule has 6 heteroatoms. The molecule has 0 spiro atoms. The first kappa shape index (κ1) is 14.9. The van der Waals surface area contributed by atoms with Gasteiger partial charge in [0, 0.05) is 12.1 Å². The van der Waals surface area contributed by atoms with E-state index in [4.69, 9.17) is 4.74 Å². The summed E-state index contributed by atoms with van der Waals surface area (Å²) in [5.41, 5.74) is 0.715. The number of nitrogens with zero attached hydrogens (tertiary/aromatic N) is 1. The first-order valence-electron chi connectivity index (χ1n) is 6.71. The number of hydrogen-bond donors (Lipinski definition) is 0. The molecule has 0 unspecified atom stereocenters. The summed E-state index contributed by atoms with van der Waals surface area (Å²) in [4.78, 5) is 25.6. The highest BCUT2D eigenvalue weighted by Gasteiger charge is 2.34. The van der Waals surface area contributed by atoms with Crippen molar-refractivity contribution < 1.29 is 23.1 Å². The van der Waals surface area contributed by atoms with Gasteiger partial charge in [-0.1, -0.05) is 12.1 Å². The standard InChI is InChI=1S/C17H11F2NO3/c1-23-15-8-12(19)6-7-14(15)20-16(21)9-13(17(20)22)10-2-4-11(18)5-3-10/h2-9H,1H3. The maximum atomic E-state index is 13.3. The van der Waals surface area contributed by atoms with Crippen molar-refractivity contribution in [3.05, 3.63) is 65.7 Å². The predicted molar refractivity (Wildman–Crippen MR) is 79.8 cm³/mol. The van der Waals surface area contributed by atoms with Crippen molar-refractivity contribution in [1.82, 2.24) is 0 Å². The Morgan fingerprint density at radius 2 is 1.61 bits per heavy atom. The lowest BCUT2D eigenvalue weighted by Crippen LogP contribution is -2.31. The monoisotopic (exact) mass is 315 g/mol. The van der Waals surface area contributed by atoms with Crippen LogP contribution in [0.25, 0.3) is 5.57 Å². The molecule has 2 aromatic carbocycles. The van der Waals surface area contributed by atoms with E-state index in [0.29, 0.717) is 5.56 Å². The number of hydrogen-bond acceptors (Lipinski definition) is 3. The Hall–Kier alpha value is -3.02. The highest BCUT2D eigenvalue weighted by Crippen LogP contribution is 2.34. The summed E-state index contributed by atoms with van der Waals surface area (Å²) < 4.78 is 31.3. The average Bonchev–Trinajstić information content (AvgIpc) is 2.83. The lowest BCUT2D eigenvalue weighted by molar-refractivity contribution is -0.119. The molecule has 0 radical (unpaired) electrons. The fourth-order valence-electron chi connectivity index (χ4n) is 2.37. The van der Waals surface area contributed by atoms with Crippen LogP contribution in [0.5, 0.6) is 5.75 Å². The van der Waals surface area contributed by atoms with E-state index in [9.17, 15) is 18.4 Å². The minimum atomic E-state index is -0.577. The van der Waals surface area contributed by atoms with Crippen molar-refractivity contribution in [2.45, 2.75) is 0 Å². The molecule has 0 atom stereocenters. The Kier molecular flexibility index (Phi) is 3.65. The number of benzene rings is 2. The van der Waals surface area contributed by atoms with Crippen LogP contribution in [0, 0.1) is 11.6 Å². The van der Waals surface area contributed by atoms with Crippen LogP contribution in [0.4, 0.5) is 14.5 Å². The van der Waals surface area contributed by atoms with Crippen LogP contribution < -0.4 is 9.64 Å². The van der Waals surface area contributed by atoms with E-state index in [-0.39, 0.29) is 17.0 Å². The third kappa shape index (κ3) is 2.59. The van der Waals surface area contributed by atoms with Crippen LogP contribution >= 0.6 is 0 Å². The fourth-order valence-corrected chi connectivity index (χ4v) is 2.37. The number of methoxy groups -OCH3 is 1. The maximum Gasteiger partial charge on any atom is 0.266 e. The molecule has 0 saturated heterocycles. The van der Waals surface area contributed by atoms with Gasteiger partial charge in [-0.05, 0) is 29.8 Å². The lowest BCUT2D eigenvalue weighted by atomic mass is 10.1. The van der Waals surface area contributed by atoms with Crippen molar-refractivity contribution in [3.63, 3.8) is 0 Å². The predicted octanol–water partition coefficient (Wildman–Crippen LogP) is 2.93. The Morgan fingerprint density at radius 3 is 2.26 bits per heavy atom. The Labute approximate surface area is 130 Å². The van der Waals surface area contributed by atoms with Crippen molar-refractivity contribution in [2.75, 3.05) is 12.0 Å². The van der Waals surface area contributed by atoms with Gasteiger partial charge in [0.2, 0.25) is 0 Å². The van der Waals surface area contributed by atoms with Crippen LogP contribution in [0.1, 0.15) is 5.56 Å². The third-order valence-electron chi connectivity index (χ3n) is 3.46. The van der Waals surface area contributed by atoms with Crippen LogP contribution in [-0.2, 0) is 9.59 Å². The molecule has 1 aliphatic rings. The maximum absolute atomic E-state index is 13.3. The molecule has 23 heavy (non-hydrogen) atoms. The molecule has 1 heterocycles. The summed E-state index contributed by atoms with van der Waals surface area (Å²) in [6.07, 6.45) is 1.17. The minimum Gasteiger partial charge on any atom is -0.494 e. The van der Waals surface area contributed by atoms with E-state index in [1.807, 2.05) is 0 Å². The second-order valence-corrected chi connectivity index (χ2v) is 4.86.